The maximum atomic E-state index is 11.7. The summed E-state index contributed by atoms with van der Waals surface area (Å²) in [6.07, 6.45) is 1.66. The zero-order valence-corrected chi connectivity index (χ0v) is 13.0. The van der Waals surface area contributed by atoms with Gasteiger partial charge in [-0.2, -0.15) is 0 Å². The summed E-state index contributed by atoms with van der Waals surface area (Å²) in [5.41, 5.74) is 5.78. The molecule has 3 N–H and O–H groups in total. The fourth-order valence-electron chi connectivity index (χ4n) is 1.53. The number of hydrogen-bond acceptors (Lipinski definition) is 3. The van der Waals surface area contributed by atoms with Gasteiger partial charge in [-0.05, 0) is 31.0 Å². The topological polar surface area (TPSA) is 64.3 Å². The molecule has 0 saturated carbocycles. The van der Waals surface area contributed by atoms with E-state index in [9.17, 15) is 4.79 Å². The molecular weight excluding hydrogens is 308 g/mol. The number of nitrogens with two attached hydrogens (primary N) is 1. The Morgan fingerprint density at radius 3 is 2.68 bits per heavy atom. The van der Waals surface area contributed by atoms with Gasteiger partial charge in [0.25, 0.3) is 5.91 Å². The molecule has 0 aromatic heterocycles. The van der Waals surface area contributed by atoms with Crippen molar-refractivity contribution in [2.45, 2.75) is 32.2 Å². The van der Waals surface area contributed by atoms with Crippen LogP contribution in [0, 0.1) is 0 Å². The van der Waals surface area contributed by atoms with E-state index in [-0.39, 0.29) is 18.1 Å². The van der Waals surface area contributed by atoms with Crippen molar-refractivity contribution in [1.82, 2.24) is 5.32 Å². The average Bonchev–Trinajstić information content (AvgIpc) is 2.42. The van der Waals surface area contributed by atoms with Gasteiger partial charge in [-0.1, -0.05) is 35.8 Å². The standard InChI is InChI=1S/C14H21BrN2O2/c1-3-14(16,4-2)10-17-13(18)9-19-12-7-5-6-11(15)8-12/h5-8H,3-4,9-10,16H2,1-2H3,(H,17,18). The van der Waals surface area contributed by atoms with Crippen LogP contribution in [0.2, 0.25) is 0 Å². The fraction of sp³-hybridized carbons (Fsp3) is 0.500. The molecule has 1 amide bonds. The highest BCUT2D eigenvalue weighted by atomic mass is 79.9. The van der Waals surface area contributed by atoms with Crippen LogP contribution in [0.4, 0.5) is 0 Å². The largest absolute Gasteiger partial charge is 0.484 e. The van der Waals surface area contributed by atoms with Crippen LogP contribution in [-0.2, 0) is 4.79 Å². The molecule has 106 valence electrons. The summed E-state index contributed by atoms with van der Waals surface area (Å²) in [7, 11) is 0. The Morgan fingerprint density at radius 1 is 1.42 bits per heavy atom. The van der Waals surface area contributed by atoms with Crippen LogP contribution >= 0.6 is 15.9 Å². The monoisotopic (exact) mass is 328 g/mol. The average molecular weight is 329 g/mol. The van der Waals surface area contributed by atoms with Gasteiger partial charge in [0.1, 0.15) is 5.75 Å². The van der Waals surface area contributed by atoms with Crippen molar-refractivity contribution in [3.05, 3.63) is 28.7 Å². The molecule has 0 spiro atoms. The van der Waals surface area contributed by atoms with Crippen molar-refractivity contribution >= 4 is 21.8 Å². The molecule has 19 heavy (non-hydrogen) atoms. The quantitative estimate of drug-likeness (QED) is 0.808. The van der Waals surface area contributed by atoms with Crippen molar-refractivity contribution in [2.24, 2.45) is 5.73 Å². The van der Waals surface area contributed by atoms with Crippen molar-refractivity contribution in [2.75, 3.05) is 13.2 Å². The van der Waals surface area contributed by atoms with E-state index in [2.05, 4.69) is 21.2 Å². The normalized spacial score (nSPS) is 11.2. The number of nitrogens with one attached hydrogen (secondary N) is 1. The Balaban J connectivity index is 2.36. The highest BCUT2D eigenvalue weighted by Crippen LogP contribution is 2.17. The summed E-state index contributed by atoms with van der Waals surface area (Å²) in [5, 5.41) is 2.81. The number of benzene rings is 1. The number of halogens is 1. The highest BCUT2D eigenvalue weighted by molar-refractivity contribution is 9.10. The minimum Gasteiger partial charge on any atom is -0.484 e. The van der Waals surface area contributed by atoms with Crippen LogP contribution in [0.1, 0.15) is 26.7 Å². The van der Waals surface area contributed by atoms with Crippen LogP contribution in [0.15, 0.2) is 28.7 Å². The van der Waals surface area contributed by atoms with E-state index in [0.717, 1.165) is 17.3 Å². The molecule has 0 aliphatic carbocycles. The van der Waals surface area contributed by atoms with Gasteiger partial charge in [0, 0.05) is 16.6 Å². The van der Waals surface area contributed by atoms with Gasteiger partial charge in [0.05, 0.1) is 0 Å². The van der Waals surface area contributed by atoms with E-state index in [1.165, 1.54) is 0 Å². The maximum Gasteiger partial charge on any atom is 0.258 e. The summed E-state index contributed by atoms with van der Waals surface area (Å²) in [6.45, 7) is 4.52. The Bertz CT molecular complexity index is 420. The number of hydrogen-bond donors (Lipinski definition) is 2. The summed E-state index contributed by atoms with van der Waals surface area (Å²) < 4.78 is 6.32. The van der Waals surface area contributed by atoms with E-state index in [0.29, 0.717) is 12.3 Å². The molecule has 0 bridgehead atoms. The molecule has 0 fully saturated rings. The van der Waals surface area contributed by atoms with Crippen LogP contribution in [0.25, 0.3) is 0 Å². The molecule has 1 aromatic carbocycles. The molecule has 0 atom stereocenters. The van der Waals surface area contributed by atoms with Gasteiger partial charge in [0.15, 0.2) is 6.61 Å². The van der Waals surface area contributed by atoms with E-state index >= 15 is 0 Å². The van der Waals surface area contributed by atoms with Gasteiger partial charge >= 0.3 is 0 Å². The number of amides is 1. The Kier molecular flexibility index (Phi) is 6.31. The van der Waals surface area contributed by atoms with Crippen molar-refractivity contribution < 1.29 is 9.53 Å². The number of rotatable bonds is 7. The zero-order chi connectivity index (χ0) is 14.3. The third-order valence-electron chi connectivity index (χ3n) is 3.21. The van der Waals surface area contributed by atoms with Crippen molar-refractivity contribution in [3.63, 3.8) is 0 Å². The molecule has 0 aliphatic rings. The van der Waals surface area contributed by atoms with Gasteiger partial charge in [-0.25, -0.2) is 0 Å². The smallest absolute Gasteiger partial charge is 0.258 e. The summed E-state index contributed by atoms with van der Waals surface area (Å²) in [4.78, 5) is 11.7. The molecule has 0 aliphatic heterocycles. The number of carbonyl (C=O) groups is 1. The summed E-state index contributed by atoms with van der Waals surface area (Å²) in [5.74, 6) is 0.506. The van der Waals surface area contributed by atoms with E-state index in [4.69, 9.17) is 10.5 Å². The van der Waals surface area contributed by atoms with Gasteiger partial charge in [0.2, 0.25) is 0 Å². The van der Waals surface area contributed by atoms with E-state index in [1.54, 1.807) is 0 Å². The lowest BCUT2D eigenvalue weighted by Gasteiger charge is -2.26. The van der Waals surface area contributed by atoms with Crippen LogP contribution in [0.3, 0.4) is 0 Å². The van der Waals surface area contributed by atoms with Crippen LogP contribution in [-0.4, -0.2) is 24.6 Å². The van der Waals surface area contributed by atoms with Crippen LogP contribution < -0.4 is 15.8 Å². The minimum absolute atomic E-state index is 0.0000378. The van der Waals surface area contributed by atoms with Gasteiger partial charge in [-0.3, -0.25) is 4.79 Å². The minimum atomic E-state index is -0.328. The lowest BCUT2D eigenvalue weighted by molar-refractivity contribution is -0.123. The zero-order valence-electron chi connectivity index (χ0n) is 11.4. The molecule has 0 heterocycles. The Hall–Kier alpha value is -1.07. The Morgan fingerprint density at radius 2 is 2.11 bits per heavy atom. The highest BCUT2D eigenvalue weighted by Gasteiger charge is 2.20. The number of carbonyl (C=O) groups excluding carboxylic acids is 1. The molecule has 1 rings (SSSR count). The third kappa shape index (κ3) is 5.61. The van der Waals surface area contributed by atoms with Crippen molar-refractivity contribution in [1.29, 1.82) is 0 Å². The fourth-order valence-corrected chi connectivity index (χ4v) is 1.91. The lowest BCUT2D eigenvalue weighted by atomic mass is 9.94. The first-order valence-corrected chi connectivity index (χ1v) is 7.22. The van der Waals surface area contributed by atoms with E-state index < -0.39 is 0 Å². The van der Waals surface area contributed by atoms with Gasteiger partial charge in [-0.15, -0.1) is 0 Å². The number of ether oxygens (including phenoxy) is 1. The SMILES string of the molecule is CCC(N)(CC)CNC(=O)COc1cccc(Br)c1. The molecule has 5 heteroatoms. The lowest BCUT2D eigenvalue weighted by Crippen LogP contribution is -2.50. The molecule has 0 radical (unpaired) electrons. The second kappa shape index (κ2) is 7.50. The second-order valence-electron chi connectivity index (χ2n) is 4.59. The van der Waals surface area contributed by atoms with Crippen LogP contribution in [0.5, 0.6) is 5.75 Å². The predicted molar refractivity (Wildman–Crippen MR) is 80.1 cm³/mol. The predicted octanol–water partition coefficient (Wildman–Crippen LogP) is 2.46. The molecular formula is C14H21BrN2O2. The Labute approximate surface area is 122 Å². The summed E-state index contributed by atoms with van der Waals surface area (Å²) in [6, 6.07) is 7.39. The van der Waals surface area contributed by atoms with Gasteiger partial charge < -0.3 is 15.8 Å². The molecule has 0 saturated heterocycles. The first-order chi connectivity index (χ1) is 8.99. The molecule has 0 unspecified atom stereocenters. The molecule has 1 aromatic rings. The summed E-state index contributed by atoms with van der Waals surface area (Å²) >= 11 is 3.35. The third-order valence-corrected chi connectivity index (χ3v) is 3.71. The first kappa shape index (κ1) is 16.0. The second-order valence-corrected chi connectivity index (χ2v) is 5.51. The molecule has 4 nitrogen and oxygen atoms in total. The first-order valence-electron chi connectivity index (χ1n) is 6.43. The van der Waals surface area contributed by atoms with E-state index in [1.807, 2.05) is 38.1 Å². The maximum absolute atomic E-state index is 11.7. The van der Waals surface area contributed by atoms with Crippen molar-refractivity contribution in [3.8, 4) is 5.75 Å².